The summed E-state index contributed by atoms with van der Waals surface area (Å²) < 4.78 is 7.34. The maximum atomic E-state index is 11.8. The van der Waals surface area contributed by atoms with Crippen molar-refractivity contribution in [1.29, 1.82) is 0 Å². The van der Waals surface area contributed by atoms with Crippen molar-refractivity contribution in [2.45, 2.75) is 25.9 Å². The zero-order valence-electron chi connectivity index (χ0n) is 16.8. The van der Waals surface area contributed by atoms with E-state index >= 15 is 0 Å². The average molecular weight is 508 g/mol. The molecule has 1 aromatic carbocycles. The molecule has 1 unspecified atom stereocenters. The summed E-state index contributed by atoms with van der Waals surface area (Å²) in [5.74, 6) is 0.962. The number of rotatable bonds is 4. The predicted molar refractivity (Wildman–Crippen MR) is 126 cm³/mol. The zero-order valence-corrected chi connectivity index (χ0v) is 19.2. The molecule has 1 atom stereocenters. The van der Waals surface area contributed by atoms with Gasteiger partial charge in [-0.3, -0.25) is 9.79 Å². The monoisotopic (exact) mass is 508 g/mol. The van der Waals surface area contributed by atoms with E-state index in [2.05, 4.69) is 39.5 Å². The molecule has 1 aromatic heterocycles. The third kappa shape index (κ3) is 5.19. The molecule has 6 nitrogen and oxygen atoms in total. The molecule has 4 rings (SSSR count). The Morgan fingerprint density at radius 2 is 1.97 bits per heavy atom. The Hall–Kier alpha value is -1.87. The molecule has 0 aliphatic carbocycles. The highest BCUT2D eigenvalue weighted by Gasteiger charge is 2.42. The predicted octanol–water partition coefficient (Wildman–Crippen LogP) is 2.70. The maximum Gasteiger partial charge on any atom is 0.250 e. The topological polar surface area (TPSA) is 58.9 Å². The Labute approximate surface area is 189 Å². The van der Waals surface area contributed by atoms with Crippen LogP contribution in [-0.4, -0.2) is 48.8 Å². The van der Waals surface area contributed by atoms with E-state index in [-0.39, 0.29) is 29.5 Å². The van der Waals surface area contributed by atoms with Crippen LogP contribution >= 0.6 is 24.0 Å². The standard InChI is InChI=1S/C22H28N4O2.HI/c1-23-21(26-12-9-22(16-26)10-13-28-17-22)24-14-18-5-7-19(8-6-18)15-25-11-3-2-4-20(25)27;/h2-8,11H,9-10,12-17H2,1H3,(H,23,24);1H. The normalized spacial score (nSPS) is 21.4. The molecule has 0 bridgehead atoms. The lowest BCUT2D eigenvalue weighted by molar-refractivity contribution is 0.156. The molecule has 1 spiro atoms. The summed E-state index contributed by atoms with van der Waals surface area (Å²) in [4.78, 5) is 18.7. The molecule has 2 aromatic rings. The lowest BCUT2D eigenvalue weighted by Crippen LogP contribution is -2.41. The van der Waals surface area contributed by atoms with Crippen molar-refractivity contribution in [3.05, 3.63) is 70.1 Å². The van der Waals surface area contributed by atoms with E-state index in [1.807, 2.05) is 19.3 Å². The van der Waals surface area contributed by atoms with E-state index in [0.29, 0.717) is 12.0 Å². The van der Waals surface area contributed by atoms with Crippen molar-refractivity contribution in [2.75, 3.05) is 33.4 Å². The third-order valence-electron chi connectivity index (χ3n) is 5.86. The van der Waals surface area contributed by atoms with E-state index in [0.717, 1.165) is 50.8 Å². The Kier molecular flexibility index (Phi) is 7.34. The number of aliphatic imine (C=N–C) groups is 1. The number of benzene rings is 1. The smallest absolute Gasteiger partial charge is 0.250 e. The number of likely N-dealkylation sites (tertiary alicyclic amines) is 1. The minimum absolute atomic E-state index is 0. The number of pyridine rings is 1. The number of halogens is 1. The molecule has 29 heavy (non-hydrogen) atoms. The van der Waals surface area contributed by atoms with Crippen LogP contribution in [0.5, 0.6) is 0 Å². The molecule has 0 amide bonds. The summed E-state index contributed by atoms with van der Waals surface area (Å²) in [6.45, 7) is 5.16. The first-order chi connectivity index (χ1) is 13.7. The lowest BCUT2D eigenvalue weighted by Gasteiger charge is -2.25. The molecule has 156 valence electrons. The van der Waals surface area contributed by atoms with Crippen LogP contribution in [0.4, 0.5) is 0 Å². The van der Waals surface area contributed by atoms with Crippen LogP contribution in [-0.2, 0) is 17.8 Å². The quantitative estimate of drug-likeness (QED) is 0.392. The molecule has 0 saturated carbocycles. The summed E-state index contributed by atoms with van der Waals surface area (Å²) in [7, 11) is 1.85. The molecule has 3 heterocycles. The number of aromatic nitrogens is 1. The van der Waals surface area contributed by atoms with E-state index in [1.165, 1.54) is 12.0 Å². The average Bonchev–Trinajstić information content (AvgIpc) is 3.35. The summed E-state index contributed by atoms with van der Waals surface area (Å²) >= 11 is 0. The molecule has 2 aliphatic heterocycles. The SMILES string of the molecule is CN=C(NCc1ccc(Cn2ccccc2=O)cc1)N1CCC2(CCOC2)C1.I. The van der Waals surface area contributed by atoms with Crippen molar-refractivity contribution >= 4 is 29.9 Å². The number of nitrogens with zero attached hydrogens (tertiary/aromatic N) is 3. The second-order valence-electron chi connectivity index (χ2n) is 7.86. The fraction of sp³-hybridized carbons (Fsp3) is 0.455. The maximum absolute atomic E-state index is 11.8. The second kappa shape index (κ2) is 9.75. The van der Waals surface area contributed by atoms with E-state index in [9.17, 15) is 4.79 Å². The zero-order chi connectivity index (χ0) is 19.4. The van der Waals surface area contributed by atoms with Crippen molar-refractivity contribution < 1.29 is 4.74 Å². The van der Waals surface area contributed by atoms with Gasteiger partial charge in [-0.2, -0.15) is 0 Å². The minimum Gasteiger partial charge on any atom is -0.381 e. The Morgan fingerprint density at radius 3 is 2.66 bits per heavy atom. The van der Waals surface area contributed by atoms with Crippen molar-refractivity contribution in [2.24, 2.45) is 10.4 Å². The molecule has 0 radical (unpaired) electrons. The van der Waals surface area contributed by atoms with Crippen molar-refractivity contribution in [1.82, 2.24) is 14.8 Å². The summed E-state index contributed by atoms with van der Waals surface area (Å²) in [5.41, 5.74) is 2.66. The van der Waals surface area contributed by atoms with E-state index < -0.39 is 0 Å². The molecular formula is C22H29IN4O2. The first kappa shape index (κ1) is 21.8. The van der Waals surface area contributed by atoms with Crippen LogP contribution in [0, 0.1) is 5.41 Å². The molecule has 1 N–H and O–H groups in total. The van der Waals surface area contributed by atoms with Gasteiger partial charge in [0.15, 0.2) is 5.96 Å². The summed E-state index contributed by atoms with van der Waals surface area (Å²) in [6.07, 6.45) is 4.16. The van der Waals surface area contributed by atoms with Gasteiger partial charge in [0.2, 0.25) is 0 Å². The van der Waals surface area contributed by atoms with Gasteiger partial charge in [-0.1, -0.05) is 30.3 Å². The van der Waals surface area contributed by atoms with Gasteiger partial charge >= 0.3 is 0 Å². The van der Waals surface area contributed by atoms with Gasteiger partial charge in [-0.15, -0.1) is 24.0 Å². The fourth-order valence-electron chi connectivity index (χ4n) is 4.15. The fourth-order valence-corrected chi connectivity index (χ4v) is 4.15. The van der Waals surface area contributed by atoms with Crippen LogP contribution in [0.2, 0.25) is 0 Å². The summed E-state index contributed by atoms with van der Waals surface area (Å²) in [5, 5.41) is 3.49. The number of hydrogen-bond acceptors (Lipinski definition) is 3. The molecule has 2 fully saturated rings. The highest BCUT2D eigenvalue weighted by atomic mass is 127. The lowest BCUT2D eigenvalue weighted by atomic mass is 9.87. The highest BCUT2D eigenvalue weighted by Crippen LogP contribution is 2.38. The van der Waals surface area contributed by atoms with E-state index in [1.54, 1.807) is 16.7 Å². The van der Waals surface area contributed by atoms with Gasteiger partial charge < -0.3 is 19.5 Å². The van der Waals surface area contributed by atoms with Gasteiger partial charge in [-0.25, -0.2) is 0 Å². The Balaban J connectivity index is 0.00000240. The van der Waals surface area contributed by atoms with Gasteiger partial charge in [0.1, 0.15) is 0 Å². The first-order valence-electron chi connectivity index (χ1n) is 9.94. The number of nitrogens with one attached hydrogen (secondary N) is 1. The number of hydrogen-bond donors (Lipinski definition) is 1. The van der Waals surface area contributed by atoms with Gasteiger partial charge in [0, 0.05) is 51.0 Å². The Morgan fingerprint density at radius 1 is 1.17 bits per heavy atom. The van der Waals surface area contributed by atoms with Crippen molar-refractivity contribution in [3.8, 4) is 0 Å². The van der Waals surface area contributed by atoms with E-state index in [4.69, 9.17) is 4.74 Å². The number of ether oxygens (including phenoxy) is 1. The molecule has 2 saturated heterocycles. The van der Waals surface area contributed by atoms with Crippen LogP contribution in [0.25, 0.3) is 0 Å². The van der Waals surface area contributed by atoms with Gasteiger partial charge in [-0.05, 0) is 30.0 Å². The molecular weight excluding hydrogens is 479 g/mol. The van der Waals surface area contributed by atoms with Crippen molar-refractivity contribution in [3.63, 3.8) is 0 Å². The molecule has 2 aliphatic rings. The van der Waals surface area contributed by atoms with Crippen LogP contribution in [0.3, 0.4) is 0 Å². The highest BCUT2D eigenvalue weighted by molar-refractivity contribution is 14.0. The minimum atomic E-state index is 0. The first-order valence-corrected chi connectivity index (χ1v) is 9.94. The third-order valence-corrected chi connectivity index (χ3v) is 5.86. The number of guanidine groups is 1. The van der Waals surface area contributed by atoms with Crippen LogP contribution in [0.1, 0.15) is 24.0 Å². The van der Waals surface area contributed by atoms with Gasteiger partial charge in [0.25, 0.3) is 5.56 Å². The van der Waals surface area contributed by atoms with Gasteiger partial charge in [0.05, 0.1) is 13.2 Å². The summed E-state index contributed by atoms with van der Waals surface area (Å²) in [6, 6.07) is 13.6. The van der Waals surface area contributed by atoms with Crippen LogP contribution in [0.15, 0.2) is 58.4 Å². The van der Waals surface area contributed by atoms with Crippen LogP contribution < -0.4 is 10.9 Å². The second-order valence-corrected chi connectivity index (χ2v) is 7.86. The largest absolute Gasteiger partial charge is 0.381 e. The molecule has 7 heteroatoms. The Bertz CT molecular complexity index is 888.